The van der Waals surface area contributed by atoms with Gasteiger partial charge in [0.1, 0.15) is 0 Å². The Bertz CT molecular complexity index is 436. The van der Waals surface area contributed by atoms with Crippen LogP contribution in [0.3, 0.4) is 0 Å². The Labute approximate surface area is 109 Å². The van der Waals surface area contributed by atoms with Crippen LogP contribution < -0.4 is 5.73 Å². The highest BCUT2D eigenvalue weighted by atomic mass is 127. The van der Waals surface area contributed by atoms with Gasteiger partial charge in [-0.05, 0) is 34.2 Å². The van der Waals surface area contributed by atoms with Crippen LogP contribution in [0.2, 0.25) is 0 Å². The zero-order valence-corrected chi connectivity index (χ0v) is 10.6. The standard InChI is InChI=1S/C10H9F3INO2/c11-10(12,13)9(15,8(16)17)5-6-3-1-2-4-7(6)14/h1-4H,5,15H2,(H,16,17). The lowest BCUT2D eigenvalue weighted by atomic mass is 9.91. The van der Waals surface area contributed by atoms with Crippen LogP contribution in [0.15, 0.2) is 24.3 Å². The van der Waals surface area contributed by atoms with E-state index < -0.39 is 24.1 Å². The number of carboxylic acids is 1. The van der Waals surface area contributed by atoms with Crippen LogP contribution in [0.4, 0.5) is 13.2 Å². The predicted molar refractivity (Wildman–Crippen MR) is 63.5 cm³/mol. The van der Waals surface area contributed by atoms with Crippen LogP contribution in [0.25, 0.3) is 0 Å². The quantitative estimate of drug-likeness (QED) is 0.814. The van der Waals surface area contributed by atoms with Crippen LogP contribution >= 0.6 is 22.6 Å². The number of carbonyl (C=O) groups is 1. The van der Waals surface area contributed by atoms with E-state index in [-0.39, 0.29) is 5.56 Å². The summed E-state index contributed by atoms with van der Waals surface area (Å²) < 4.78 is 38.5. The van der Waals surface area contributed by atoms with Gasteiger partial charge in [-0.15, -0.1) is 0 Å². The molecular weight excluding hydrogens is 350 g/mol. The summed E-state index contributed by atoms with van der Waals surface area (Å²) in [6, 6.07) is 6.21. The summed E-state index contributed by atoms with van der Waals surface area (Å²) >= 11 is 1.84. The van der Waals surface area contributed by atoms with Crippen molar-refractivity contribution in [2.24, 2.45) is 5.73 Å². The Kier molecular flexibility index (Phi) is 4.03. The molecule has 0 saturated heterocycles. The molecular formula is C10H9F3INO2. The number of alkyl halides is 3. The summed E-state index contributed by atoms with van der Waals surface area (Å²) in [5.41, 5.74) is 1.99. The van der Waals surface area contributed by atoms with Crippen molar-refractivity contribution in [3.05, 3.63) is 33.4 Å². The van der Waals surface area contributed by atoms with Gasteiger partial charge in [0.05, 0.1) is 0 Å². The zero-order valence-electron chi connectivity index (χ0n) is 8.46. The first kappa shape index (κ1) is 14.2. The Balaban J connectivity index is 3.13. The van der Waals surface area contributed by atoms with Gasteiger partial charge in [0.15, 0.2) is 0 Å². The molecule has 0 saturated carbocycles. The van der Waals surface area contributed by atoms with Crippen molar-refractivity contribution in [1.82, 2.24) is 0 Å². The highest BCUT2D eigenvalue weighted by Crippen LogP contribution is 2.32. The van der Waals surface area contributed by atoms with Gasteiger partial charge in [-0.1, -0.05) is 18.2 Å². The monoisotopic (exact) mass is 359 g/mol. The van der Waals surface area contributed by atoms with Crippen molar-refractivity contribution < 1.29 is 23.1 Å². The minimum atomic E-state index is -5.00. The van der Waals surface area contributed by atoms with Crippen molar-refractivity contribution >= 4 is 28.6 Å². The normalized spacial score (nSPS) is 15.4. The second kappa shape index (κ2) is 4.81. The van der Waals surface area contributed by atoms with E-state index >= 15 is 0 Å². The minimum absolute atomic E-state index is 0.260. The number of halogens is 4. The van der Waals surface area contributed by atoms with E-state index in [1.807, 2.05) is 22.6 Å². The number of rotatable bonds is 3. The molecule has 1 atom stereocenters. The number of nitrogens with two attached hydrogens (primary N) is 1. The summed E-state index contributed by atoms with van der Waals surface area (Å²) in [5.74, 6) is -2.08. The van der Waals surface area contributed by atoms with Crippen molar-refractivity contribution in [3.8, 4) is 0 Å². The highest BCUT2D eigenvalue weighted by Gasteiger charge is 2.58. The second-order valence-corrected chi connectivity index (χ2v) is 4.70. The van der Waals surface area contributed by atoms with E-state index in [9.17, 15) is 18.0 Å². The first-order valence-corrected chi connectivity index (χ1v) is 5.59. The van der Waals surface area contributed by atoms with Gasteiger partial charge < -0.3 is 10.8 Å². The second-order valence-electron chi connectivity index (χ2n) is 3.54. The van der Waals surface area contributed by atoms with Crippen LogP contribution in [0.1, 0.15) is 5.56 Å². The maximum absolute atomic E-state index is 12.7. The summed E-state index contributed by atoms with van der Waals surface area (Å²) in [6.45, 7) is 0. The third-order valence-corrected chi connectivity index (χ3v) is 3.37. The average molecular weight is 359 g/mol. The molecule has 94 valence electrons. The molecule has 1 rings (SSSR count). The summed E-state index contributed by atoms with van der Waals surface area (Å²) in [7, 11) is 0. The average Bonchev–Trinajstić information content (AvgIpc) is 2.19. The lowest BCUT2D eigenvalue weighted by molar-refractivity contribution is -0.201. The van der Waals surface area contributed by atoms with Gasteiger partial charge >= 0.3 is 12.1 Å². The van der Waals surface area contributed by atoms with Crippen molar-refractivity contribution in [1.29, 1.82) is 0 Å². The maximum atomic E-state index is 12.7. The fraction of sp³-hybridized carbons (Fsp3) is 0.300. The van der Waals surface area contributed by atoms with E-state index in [2.05, 4.69) is 0 Å². The van der Waals surface area contributed by atoms with Crippen molar-refractivity contribution in [2.75, 3.05) is 0 Å². The maximum Gasteiger partial charge on any atom is 0.417 e. The van der Waals surface area contributed by atoms with Crippen LogP contribution in [0.5, 0.6) is 0 Å². The number of carboxylic acid groups (broad SMARTS) is 1. The molecule has 7 heteroatoms. The SMILES string of the molecule is NC(Cc1ccccc1I)(C(=O)O)C(F)(F)F. The molecule has 0 aromatic heterocycles. The molecule has 3 nitrogen and oxygen atoms in total. The molecule has 0 amide bonds. The third kappa shape index (κ3) is 2.89. The number of aliphatic carboxylic acids is 1. The molecule has 1 unspecified atom stereocenters. The van der Waals surface area contributed by atoms with Crippen molar-refractivity contribution in [3.63, 3.8) is 0 Å². The largest absolute Gasteiger partial charge is 0.480 e. The molecule has 1 aromatic carbocycles. The van der Waals surface area contributed by atoms with Crippen LogP contribution in [-0.4, -0.2) is 22.8 Å². The van der Waals surface area contributed by atoms with Gasteiger partial charge in [-0.3, -0.25) is 0 Å². The topological polar surface area (TPSA) is 63.3 Å². The molecule has 0 spiro atoms. The van der Waals surface area contributed by atoms with Gasteiger partial charge in [-0.25, -0.2) is 4.79 Å². The molecule has 0 aliphatic carbocycles. The van der Waals surface area contributed by atoms with Crippen molar-refractivity contribution in [2.45, 2.75) is 18.1 Å². The molecule has 0 aliphatic rings. The van der Waals surface area contributed by atoms with E-state index in [0.29, 0.717) is 3.57 Å². The lowest BCUT2D eigenvalue weighted by Crippen LogP contribution is -2.61. The number of benzene rings is 1. The molecule has 1 aromatic rings. The molecule has 0 heterocycles. The first-order valence-electron chi connectivity index (χ1n) is 4.51. The predicted octanol–water partition coefficient (Wildman–Crippen LogP) is 2.18. The molecule has 0 radical (unpaired) electrons. The van der Waals surface area contributed by atoms with E-state index in [4.69, 9.17) is 10.8 Å². The van der Waals surface area contributed by atoms with Gasteiger partial charge in [0, 0.05) is 9.99 Å². The van der Waals surface area contributed by atoms with Gasteiger partial charge in [0.2, 0.25) is 5.54 Å². The van der Waals surface area contributed by atoms with Crippen LogP contribution in [0, 0.1) is 3.57 Å². The molecule has 0 fully saturated rings. The Morgan fingerprint density at radius 2 is 1.88 bits per heavy atom. The summed E-state index contributed by atoms with van der Waals surface area (Å²) in [4.78, 5) is 10.7. The smallest absolute Gasteiger partial charge is 0.417 e. The molecule has 17 heavy (non-hydrogen) atoms. The highest BCUT2D eigenvalue weighted by molar-refractivity contribution is 14.1. The Hall–Kier alpha value is -0.830. The van der Waals surface area contributed by atoms with E-state index in [1.165, 1.54) is 12.1 Å². The van der Waals surface area contributed by atoms with Gasteiger partial charge in [-0.2, -0.15) is 13.2 Å². The fourth-order valence-corrected chi connectivity index (χ4v) is 1.82. The fourth-order valence-electron chi connectivity index (χ4n) is 1.24. The van der Waals surface area contributed by atoms with Crippen LogP contribution in [-0.2, 0) is 11.2 Å². The molecule has 0 aliphatic heterocycles. The number of hydrogen-bond donors (Lipinski definition) is 2. The third-order valence-electron chi connectivity index (χ3n) is 2.31. The Morgan fingerprint density at radius 1 is 1.35 bits per heavy atom. The van der Waals surface area contributed by atoms with E-state index in [0.717, 1.165) is 0 Å². The minimum Gasteiger partial charge on any atom is -0.480 e. The molecule has 0 bridgehead atoms. The molecule has 3 N–H and O–H groups in total. The van der Waals surface area contributed by atoms with E-state index in [1.54, 1.807) is 12.1 Å². The number of hydrogen-bond acceptors (Lipinski definition) is 2. The summed E-state index contributed by atoms with van der Waals surface area (Å²) in [6.07, 6.45) is -5.79. The Morgan fingerprint density at radius 3 is 2.29 bits per heavy atom. The first-order chi connectivity index (χ1) is 7.68. The summed E-state index contributed by atoms with van der Waals surface area (Å²) in [5, 5.41) is 8.67. The van der Waals surface area contributed by atoms with Gasteiger partial charge in [0.25, 0.3) is 0 Å². The lowest BCUT2D eigenvalue weighted by Gasteiger charge is -2.27. The zero-order chi connectivity index (χ0) is 13.3.